The number of aromatic carboxylic acids is 1. The number of carbonyl (C=O) groups excluding carboxylic acids is 1. The predicted octanol–water partition coefficient (Wildman–Crippen LogP) is -0.101. The van der Waals surface area contributed by atoms with Gasteiger partial charge in [-0.15, -0.1) is 0 Å². The highest BCUT2D eigenvalue weighted by Crippen LogP contribution is 2.16. The van der Waals surface area contributed by atoms with Gasteiger partial charge in [-0.1, -0.05) is 0 Å². The molecular formula is C24H40N6O7. The second kappa shape index (κ2) is 16.8. The Kier molecular flexibility index (Phi) is 13.8. The summed E-state index contributed by atoms with van der Waals surface area (Å²) < 4.78 is 13.8. The van der Waals surface area contributed by atoms with Crippen LogP contribution in [0.3, 0.4) is 0 Å². The summed E-state index contributed by atoms with van der Waals surface area (Å²) in [5.41, 5.74) is 0.509. The minimum atomic E-state index is -0.990. The molecule has 0 aromatic carbocycles. The van der Waals surface area contributed by atoms with Crippen LogP contribution in [0.15, 0.2) is 25.0 Å². The molecule has 4 rings (SSSR count). The number of aliphatic hydroxyl groups excluding tert-OH is 2. The number of carboxylic acid groups (broad SMARTS) is 1. The Labute approximate surface area is 217 Å². The Balaban J connectivity index is 0.000000214. The predicted molar refractivity (Wildman–Crippen MR) is 134 cm³/mol. The van der Waals surface area contributed by atoms with E-state index in [1.807, 2.05) is 7.05 Å². The van der Waals surface area contributed by atoms with Gasteiger partial charge in [0.1, 0.15) is 5.69 Å². The number of carboxylic acids is 1. The van der Waals surface area contributed by atoms with Crippen molar-refractivity contribution in [3.05, 3.63) is 36.4 Å². The average molecular weight is 525 g/mol. The molecule has 2 aliphatic heterocycles. The summed E-state index contributed by atoms with van der Waals surface area (Å²) in [7, 11) is 3.55. The quantitative estimate of drug-likeness (QED) is 0.366. The topological polar surface area (TPSA) is 164 Å². The van der Waals surface area contributed by atoms with Crippen molar-refractivity contribution in [2.75, 3.05) is 52.7 Å². The smallest absolute Gasteiger partial charge is 0.356 e. The number of imidazole rings is 2. The standard InChI is InChI=1S/C12H19N3O3.C7H15NO2.C5H6N2O2/c1-14-8-11(13-9-14)12(17)15(4-5-16)10-2-6-18-7-3-10;9-4-3-8-7-1-5-10-6-2-7;1-7-2-4(5(8)9)6-3-7/h8-10,16H,2-7H2,1H3;7-9H,1-6H2;2-3H,1H3,(H,8,9). The van der Waals surface area contributed by atoms with E-state index in [2.05, 4.69) is 15.3 Å². The van der Waals surface area contributed by atoms with Crippen molar-refractivity contribution < 1.29 is 34.4 Å². The maximum Gasteiger partial charge on any atom is 0.356 e. The van der Waals surface area contributed by atoms with E-state index in [-0.39, 0.29) is 30.9 Å². The molecule has 4 heterocycles. The number of hydrogen-bond acceptors (Lipinski definition) is 9. The fourth-order valence-corrected chi connectivity index (χ4v) is 3.92. The van der Waals surface area contributed by atoms with Crippen LogP contribution in [-0.2, 0) is 23.6 Å². The van der Waals surface area contributed by atoms with Crippen LogP contribution in [0.2, 0.25) is 0 Å². The number of nitrogens with zero attached hydrogens (tertiary/aromatic N) is 5. The van der Waals surface area contributed by atoms with Gasteiger partial charge in [0, 0.05) is 78.1 Å². The number of carbonyl (C=O) groups is 2. The van der Waals surface area contributed by atoms with Crippen LogP contribution in [0.25, 0.3) is 0 Å². The number of hydrogen-bond donors (Lipinski definition) is 4. The van der Waals surface area contributed by atoms with Gasteiger partial charge < -0.3 is 44.1 Å². The van der Waals surface area contributed by atoms with Gasteiger partial charge in [0.15, 0.2) is 5.69 Å². The van der Waals surface area contributed by atoms with Crippen molar-refractivity contribution >= 4 is 11.9 Å². The highest BCUT2D eigenvalue weighted by atomic mass is 16.5. The molecule has 2 fully saturated rings. The molecule has 0 bridgehead atoms. The van der Waals surface area contributed by atoms with Gasteiger partial charge in [-0.3, -0.25) is 4.79 Å². The van der Waals surface area contributed by atoms with Crippen molar-refractivity contribution in [2.45, 2.75) is 37.8 Å². The van der Waals surface area contributed by atoms with E-state index in [1.165, 1.54) is 12.5 Å². The van der Waals surface area contributed by atoms with Crippen molar-refractivity contribution in [1.82, 2.24) is 29.3 Å². The molecule has 0 spiro atoms. The van der Waals surface area contributed by atoms with Crippen molar-refractivity contribution in [3.63, 3.8) is 0 Å². The Hall–Kier alpha value is -2.84. The molecule has 13 nitrogen and oxygen atoms in total. The minimum Gasteiger partial charge on any atom is -0.476 e. The van der Waals surface area contributed by atoms with Crippen LogP contribution < -0.4 is 5.32 Å². The number of ether oxygens (including phenoxy) is 2. The molecule has 2 aliphatic rings. The maximum absolute atomic E-state index is 12.3. The third-order valence-corrected chi connectivity index (χ3v) is 5.85. The Morgan fingerprint density at radius 1 is 0.946 bits per heavy atom. The van der Waals surface area contributed by atoms with Crippen LogP contribution in [-0.4, -0.2) is 116 Å². The third-order valence-electron chi connectivity index (χ3n) is 5.85. The van der Waals surface area contributed by atoms with E-state index in [0.29, 0.717) is 38.0 Å². The number of aromatic nitrogens is 4. The lowest BCUT2D eigenvalue weighted by atomic mass is 10.1. The van der Waals surface area contributed by atoms with E-state index in [9.17, 15) is 9.59 Å². The molecule has 13 heteroatoms. The third kappa shape index (κ3) is 11.0. The summed E-state index contributed by atoms with van der Waals surface area (Å²) in [4.78, 5) is 31.8. The zero-order valence-corrected chi connectivity index (χ0v) is 21.7. The Bertz CT molecular complexity index is 922. The summed E-state index contributed by atoms with van der Waals surface area (Å²) >= 11 is 0. The molecule has 2 saturated heterocycles. The lowest BCUT2D eigenvalue weighted by molar-refractivity contribution is 0.0243. The van der Waals surface area contributed by atoms with Crippen molar-refractivity contribution in [2.24, 2.45) is 14.1 Å². The molecule has 4 N–H and O–H groups in total. The Morgan fingerprint density at radius 3 is 1.92 bits per heavy atom. The highest BCUT2D eigenvalue weighted by Gasteiger charge is 2.27. The number of amides is 1. The maximum atomic E-state index is 12.3. The molecular weight excluding hydrogens is 484 g/mol. The summed E-state index contributed by atoms with van der Waals surface area (Å²) in [5, 5.41) is 29.2. The minimum absolute atomic E-state index is 0.0318. The first-order valence-corrected chi connectivity index (χ1v) is 12.5. The number of nitrogens with one attached hydrogen (secondary N) is 1. The lowest BCUT2D eigenvalue weighted by Gasteiger charge is -2.33. The van der Waals surface area contributed by atoms with Crippen LogP contribution in [0.5, 0.6) is 0 Å². The van der Waals surface area contributed by atoms with Gasteiger partial charge in [0.05, 0.1) is 25.9 Å². The Morgan fingerprint density at radius 2 is 1.49 bits per heavy atom. The van der Waals surface area contributed by atoms with E-state index >= 15 is 0 Å². The SMILES string of the molecule is Cn1cnc(C(=O)N(CCO)C2CCOCC2)c1.Cn1cnc(C(=O)O)c1.OCCNC1CCOCC1. The summed E-state index contributed by atoms with van der Waals surface area (Å²) in [6.07, 6.45) is 10.0. The zero-order valence-electron chi connectivity index (χ0n) is 21.7. The zero-order chi connectivity index (χ0) is 27.0. The summed E-state index contributed by atoms with van der Waals surface area (Å²) in [6.45, 7) is 4.33. The van der Waals surface area contributed by atoms with Crippen LogP contribution in [0, 0.1) is 0 Å². The largest absolute Gasteiger partial charge is 0.476 e. The second-order valence-corrected chi connectivity index (χ2v) is 8.78. The van der Waals surface area contributed by atoms with Crippen molar-refractivity contribution in [3.8, 4) is 0 Å². The van der Waals surface area contributed by atoms with Gasteiger partial charge in [0.25, 0.3) is 5.91 Å². The first-order valence-electron chi connectivity index (χ1n) is 12.5. The van der Waals surface area contributed by atoms with Crippen LogP contribution in [0.4, 0.5) is 0 Å². The molecule has 2 aromatic heterocycles. The van der Waals surface area contributed by atoms with E-state index < -0.39 is 5.97 Å². The lowest BCUT2D eigenvalue weighted by Crippen LogP contribution is -2.45. The van der Waals surface area contributed by atoms with E-state index in [0.717, 1.165) is 38.9 Å². The number of aryl methyl sites for hydroxylation is 2. The van der Waals surface area contributed by atoms with Crippen LogP contribution in [0.1, 0.15) is 46.7 Å². The van der Waals surface area contributed by atoms with Gasteiger partial charge in [-0.2, -0.15) is 0 Å². The fourth-order valence-electron chi connectivity index (χ4n) is 3.92. The van der Waals surface area contributed by atoms with Gasteiger partial charge in [-0.25, -0.2) is 14.8 Å². The molecule has 0 aliphatic carbocycles. The van der Waals surface area contributed by atoms with Gasteiger partial charge >= 0.3 is 5.97 Å². The molecule has 0 unspecified atom stereocenters. The molecule has 1 amide bonds. The molecule has 2 aromatic rings. The second-order valence-electron chi connectivity index (χ2n) is 8.78. The molecule has 0 saturated carbocycles. The van der Waals surface area contributed by atoms with Gasteiger partial charge in [-0.05, 0) is 25.7 Å². The molecule has 37 heavy (non-hydrogen) atoms. The fraction of sp³-hybridized carbons (Fsp3) is 0.667. The molecule has 208 valence electrons. The monoisotopic (exact) mass is 524 g/mol. The van der Waals surface area contributed by atoms with E-state index in [4.69, 9.17) is 24.8 Å². The number of rotatable bonds is 8. The van der Waals surface area contributed by atoms with E-state index in [1.54, 1.807) is 33.6 Å². The van der Waals surface area contributed by atoms with Gasteiger partial charge in [0.2, 0.25) is 0 Å². The molecule has 0 radical (unpaired) electrons. The summed E-state index contributed by atoms with van der Waals surface area (Å²) in [5.74, 6) is -1.10. The summed E-state index contributed by atoms with van der Waals surface area (Å²) in [6, 6.07) is 0.710. The number of aliphatic hydroxyl groups is 2. The normalized spacial score (nSPS) is 16.2. The average Bonchev–Trinajstić information content (AvgIpc) is 3.56. The first-order chi connectivity index (χ1) is 17.8. The first kappa shape index (κ1) is 30.4. The highest BCUT2D eigenvalue weighted by molar-refractivity contribution is 5.92. The molecule has 0 atom stereocenters. The van der Waals surface area contributed by atoms with Crippen molar-refractivity contribution in [1.29, 1.82) is 0 Å². The van der Waals surface area contributed by atoms with Crippen LogP contribution >= 0.6 is 0 Å².